The summed E-state index contributed by atoms with van der Waals surface area (Å²) in [5, 5.41) is 0. The van der Waals surface area contributed by atoms with Gasteiger partial charge in [0, 0.05) is 32.0 Å². The molecule has 0 bridgehead atoms. The number of nitrogens with zero attached hydrogens (tertiary/aromatic N) is 1. The monoisotopic (exact) mass is 233 g/mol. The van der Waals surface area contributed by atoms with E-state index in [0.717, 1.165) is 6.42 Å². The third-order valence-electron chi connectivity index (χ3n) is 2.71. The maximum atomic E-state index is 11.9. The zero-order valence-electron chi connectivity index (χ0n) is 10.5. The van der Waals surface area contributed by atoms with Crippen molar-refractivity contribution in [2.75, 3.05) is 13.6 Å². The highest BCUT2D eigenvalue weighted by Crippen LogP contribution is 2.04. The normalized spacial score (nSPS) is 10.0. The molecule has 1 amide bonds. The summed E-state index contributed by atoms with van der Waals surface area (Å²) in [5.41, 5.74) is 0.691. The fourth-order valence-electron chi connectivity index (χ4n) is 1.59. The van der Waals surface area contributed by atoms with E-state index in [2.05, 4.69) is 0 Å². The van der Waals surface area contributed by atoms with Crippen LogP contribution in [0.2, 0.25) is 0 Å². The smallest absolute Gasteiger partial charge is 0.253 e. The molecular weight excluding hydrogens is 214 g/mol. The van der Waals surface area contributed by atoms with Crippen LogP contribution in [0.1, 0.15) is 36.5 Å². The van der Waals surface area contributed by atoms with Gasteiger partial charge in [0.2, 0.25) is 0 Å². The maximum Gasteiger partial charge on any atom is 0.253 e. The van der Waals surface area contributed by atoms with E-state index in [-0.39, 0.29) is 11.7 Å². The highest BCUT2D eigenvalue weighted by atomic mass is 16.2. The van der Waals surface area contributed by atoms with Crippen molar-refractivity contribution >= 4 is 11.7 Å². The van der Waals surface area contributed by atoms with Crippen molar-refractivity contribution < 1.29 is 9.59 Å². The van der Waals surface area contributed by atoms with Gasteiger partial charge in [0.05, 0.1) is 0 Å². The average molecular weight is 233 g/mol. The van der Waals surface area contributed by atoms with Crippen LogP contribution in [0.4, 0.5) is 0 Å². The molecule has 3 nitrogen and oxygen atoms in total. The third-order valence-corrected chi connectivity index (χ3v) is 2.71. The van der Waals surface area contributed by atoms with Crippen molar-refractivity contribution in [2.24, 2.45) is 0 Å². The van der Waals surface area contributed by atoms with Crippen LogP contribution in [-0.2, 0) is 4.79 Å². The number of rotatable bonds is 6. The molecule has 1 aromatic rings. The lowest BCUT2D eigenvalue weighted by atomic mass is 10.1. The van der Waals surface area contributed by atoms with Crippen molar-refractivity contribution in [1.29, 1.82) is 0 Å². The quantitative estimate of drug-likeness (QED) is 0.757. The number of amides is 1. The second kappa shape index (κ2) is 6.84. The second-order valence-corrected chi connectivity index (χ2v) is 4.09. The second-order valence-electron chi connectivity index (χ2n) is 4.09. The minimum Gasteiger partial charge on any atom is -0.342 e. The van der Waals surface area contributed by atoms with E-state index in [4.69, 9.17) is 0 Å². The van der Waals surface area contributed by atoms with Crippen molar-refractivity contribution in [2.45, 2.75) is 26.2 Å². The highest BCUT2D eigenvalue weighted by Gasteiger charge is 2.10. The predicted octanol–water partition coefficient (Wildman–Crippen LogP) is 2.52. The SMILES string of the molecule is CCC(=O)CCCN(C)C(=O)c1ccccc1. The van der Waals surface area contributed by atoms with Crippen LogP contribution in [0.3, 0.4) is 0 Å². The van der Waals surface area contributed by atoms with Crippen LogP contribution in [0, 0.1) is 0 Å². The number of Topliss-reactive ketones (excluding diaryl/α,β-unsaturated/α-hetero) is 1. The predicted molar refractivity (Wildman–Crippen MR) is 67.9 cm³/mol. The van der Waals surface area contributed by atoms with Crippen LogP contribution < -0.4 is 0 Å². The highest BCUT2D eigenvalue weighted by molar-refractivity contribution is 5.94. The van der Waals surface area contributed by atoms with Crippen molar-refractivity contribution in [3.8, 4) is 0 Å². The molecule has 0 N–H and O–H groups in total. The number of benzene rings is 1. The number of hydrogen-bond acceptors (Lipinski definition) is 2. The summed E-state index contributed by atoms with van der Waals surface area (Å²) >= 11 is 0. The Morgan fingerprint density at radius 3 is 2.41 bits per heavy atom. The Balaban J connectivity index is 2.40. The van der Waals surface area contributed by atoms with Gasteiger partial charge in [-0.3, -0.25) is 9.59 Å². The first-order valence-electron chi connectivity index (χ1n) is 5.97. The molecule has 0 spiro atoms. The van der Waals surface area contributed by atoms with Gasteiger partial charge in [-0.25, -0.2) is 0 Å². The summed E-state index contributed by atoms with van der Waals surface area (Å²) in [6, 6.07) is 9.19. The fourth-order valence-corrected chi connectivity index (χ4v) is 1.59. The van der Waals surface area contributed by atoms with Gasteiger partial charge in [-0.05, 0) is 18.6 Å². The number of carbonyl (C=O) groups excluding carboxylic acids is 2. The Morgan fingerprint density at radius 2 is 1.82 bits per heavy atom. The molecule has 0 atom stereocenters. The number of carbonyl (C=O) groups is 2. The van der Waals surface area contributed by atoms with Gasteiger partial charge in [-0.1, -0.05) is 25.1 Å². The summed E-state index contributed by atoms with van der Waals surface area (Å²) in [6.45, 7) is 2.49. The zero-order chi connectivity index (χ0) is 12.7. The van der Waals surface area contributed by atoms with Crippen LogP contribution in [0.5, 0.6) is 0 Å². The molecule has 0 radical (unpaired) electrons. The number of hydrogen-bond donors (Lipinski definition) is 0. The van der Waals surface area contributed by atoms with Gasteiger partial charge in [0.1, 0.15) is 5.78 Å². The molecule has 17 heavy (non-hydrogen) atoms. The Morgan fingerprint density at radius 1 is 1.18 bits per heavy atom. The van der Waals surface area contributed by atoms with E-state index in [0.29, 0.717) is 24.9 Å². The van der Waals surface area contributed by atoms with E-state index < -0.39 is 0 Å². The van der Waals surface area contributed by atoms with Gasteiger partial charge in [0.25, 0.3) is 5.91 Å². The summed E-state index contributed by atoms with van der Waals surface area (Å²) < 4.78 is 0. The molecule has 0 fully saturated rings. The zero-order valence-corrected chi connectivity index (χ0v) is 10.5. The van der Waals surface area contributed by atoms with E-state index in [1.165, 1.54) is 0 Å². The Labute approximate surface area is 102 Å². The molecule has 0 heterocycles. The summed E-state index contributed by atoms with van der Waals surface area (Å²) in [6.07, 6.45) is 1.88. The van der Waals surface area contributed by atoms with E-state index in [1.54, 1.807) is 24.1 Å². The average Bonchev–Trinajstić information content (AvgIpc) is 2.38. The van der Waals surface area contributed by atoms with Gasteiger partial charge in [-0.2, -0.15) is 0 Å². The van der Waals surface area contributed by atoms with Gasteiger partial charge in [0.15, 0.2) is 0 Å². The minimum absolute atomic E-state index is 0.00884. The minimum atomic E-state index is 0.00884. The maximum absolute atomic E-state index is 11.9. The fraction of sp³-hybridized carbons (Fsp3) is 0.429. The molecule has 92 valence electrons. The molecule has 1 rings (SSSR count). The lowest BCUT2D eigenvalue weighted by Crippen LogP contribution is -2.28. The first kappa shape index (κ1) is 13.4. The molecule has 1 aromatic carbocycles. The van der Waals surface area contributed by atoms with Crippen molar-refractivity contribution in [3.05, 3.63) is 35.9 Å². The lowest BCUT2D eigenvalue weighted by Gasteiger charge is -2.16. The molecule has 0 saturated heterocycles. The van der Waals surface area contributed by atoms with E-state index in [9.17, 15) is 9.59 Å². The summed E-state index contributed by atoms with van der Waals surface area (Å²) in [4.78, 5) is 24.7. The van der Waals surface area contributed by atoms with Crippen LogP contribution in [0.25, 0.3) is 0 Å². The Bertz CT molecular complexity index is 373. The molecule has 0 aliphatic heterocycles. The van der Waals surface area contributed by atoms with Gasteiger partial charge >= 0.3 is 0 Å². The molecule has 0 aromatic heterocycles. The lowest BCUT2D eigenvalue weighted by molar-refractivity contribution is -0.118. The Hall–Kier alpha value is -1.64. The van der Waals surface area contributed by atoms with Crippen LogP contribution in [0.15, 0.2) is 30.3 Å². The van der Waals surface area contributed by atoms with E-state index in [1.807, 2.05) is 25.1 Å². The molecule has 0 saturated carbocycles. The van der Waals surface area contributed by atoms with Crippen LogP contribution in [-0.4, -0.2) is 30.2 Å². The molecule has 0 aliphatic rings. The topological polar surface area (TPSA) is 37.4 Å². The third kappa shape index (κ3) is 4.39. The first-order chi connectivity index (χ1) is 8.15. The molecule has 0 unspecified atom stereocenters. The van der Waals surface area contributed by atoms with Gasteiger partial charge in [-0.15, -0.1) is 0 Å². The van der Waals surface area contributed by atoms with Crippen molar-refractivity contribution in [1.82, 2.24) is 4.90 Å². The largest absolute Gasteiger partial charge is 0.342 e. The molecular formula is C14H19NO2. The molecule has 0 aliphatic carbocycles. The van der Waals surface area contributed by atoms with Gasteiger partial charge < -0.3 is 4.90 Å². The standard InChI is InChI=1S/C14H19NO2/c1-3-13(16)10-7-11-15(2)14(17)12-8-5-4-6-9-12/h4-6,8-9H,3,7,10-11H2,1-2H3. The first-order valence-corrected chi connectivity index (χ1v) is 5.97. The Kier molecular flexibility index (Phi) is 5.40. The number of ketones is 1. The molecule has 3 heteroatoms. The van der Waals surface area contributed by atoms with Crippen LogP contribution >= 0.6 is 0 Å². The van der Waals surface area contributed by atoms with Crippen molar-refractivity contribution in [3.63, 3.8) is 0 Å². The van der Waals surface area contributed by atoms with E-state index >= 15 is 0 Å². The summed E-state index contributed by atoms with van der Waals surface area (Å²) in [7, 11) is 1.77. The summed E-state index contributed by atoms with van der Waals surface area (Å²) in [5.74, 6) is 0.264.